The summed E-state index contributed by atoms with van der Waals surface area (Å²) in [6, 6.07) is 0. The fourth-order valence-electron chi connectivity index (χ4n) is 8.13. The summed E-state index contributed by atoms with van der Waals surface area (Å²) in [5.74, 6) is -0.962. The van der Waals surface area contributed by atoms with Crippen LogP contribution in [0.15, 0.2) is 60.8 Å². The second kappa shape index (κ2) is 55.7. The summed E-state index contributed by atoms with van der Waals surface area (Å²) < 4.78 is 16.8. The lowest BCUT2D eigenvalue weighted by atomic mass is 10.1. The molecule has 67 heavy (non-hydrogen) atoms. The number of hydrogen-bond donors (Lipinski definition) is 0. The van der Waals surface area contributed by atoms with Crippen molar-refractivity contribution in [3.05, 3.63) is 60.8 Å². The lowest BCUT2D eigenvalue weighted by molar-refractivity contribution is -0.166. The normalized spacial score (nSPS) is 12.5. The number of carbonyl (C=O) groups is 3. The van der Waals surface area contributed by atoms with E-state index in [1.165, 1.54) is 193 Å². The van der Waals surface area contributed by atoms with Crippen LogP contribution in [0.2, 0.25) is 0 Å². The molecule has 0 aliphatic heterocycles. The van der Waals surface area contributed by atoms with Crippen LogP contribution in [0.4, 0.5) is 0 Å². The van der Waals surface area contributed by atoms with Gasteiger partial charge in [-0.15, -0.1) is 0 Å². The third kappa shape index (κ3) is 53.9. The van der Waals surface area contributed by atoms with Crippen molar-refractivity contribution < 1.29 is 28.6 Å². The molecule has 0 radical (unpaired) electrons. The molecule has 0 saturated heterocycles. The molecule has 0 aromatic rings. The molecule has 0 aromatic carbocycles. The molecular formula is C61H108O6. The van der Waals surface area contributed by atoms with Crippen molar-refractivity contribution in [1.29, 1.82) is 0 Å². The Morgan fingerprint density at radius 3 is 1.04 bits per heavy atom. The Hall–Kier alpha value is -2.89. The van der Waals surface area contributed by atoms with Crippen LogP contribution in [0.1, 0.15) is 290 Å². The van der Waals surface area contributed by atoms with E-state index in [1.54, 1.807) is 0 Å². The Bertz CT molecular complexity index is 1210. The predicted octanol–water partition coefficient (Wildman–Crippen LogP) is 19.2. The SMILES string of the molecule is CCCCC/C=C\C=C/CCCCCCCCCCCCC(=O)OCC(COC(=O)CC/C=C\C/C=C\CCCCCCCC)OC(=O)CCCCCCCCC/C=C\CCCCCCCC. The van der Waals surface area contributed by atoms with Crippen molar-refractivity contribution >= 4 is 17.9 Å². The number of rotatable bonds is 52. The molecule has 0 amide bonds. The number of hydrogen-bond acceptors (Lipinski definition) is 6. The first kappa shape index (κ1) is 64.1. The van der Waals surface area contributed by atoms with Gasteiger partial charge in [0.1, 0.15) is 13.2 Å². The monoisotopic (exact) mass is 937 g/mol. The first-order chi connectivity index (χ1) is 33.0. The smallest absolute Gasteiger partial charge is 0.306 e. The van der Waals surface area contributed by atoms with Gasteiger partial charge in [0, 0.05) is 19.3 Å². The van der Waals surface area contributed by atoms with Crippen LogP contribution in [0.3, 0.4) is 0 Å². The van der Waals surface area contributed by atoms with Crippen molar-refractivity contribution in [2.75, 3.05) is 13.2 Å². The lowest BCUT2D eigenvalue weighted by Gasteiger charge is -2.18. The van der Waals surface area contributed by atoms with Crippen LogP contribution in [0.5, 0.6) is 0 Å². The van der Waals surface area contributed by atoms with Crippen molar-refractivity contribution in [1.82, 2.24) is 0 Å². The molecule has 0 N–H and O–H groups in total. The Morgan fingerprint density at radius 2 is 0.612 bits per heavy atom. The highest BCUT2D eigenvalue weighted by molar-refractivity contribution is 5.71. The van der Waals surface area contributed by atoms with Crippen LogP contribution < -0.4 is 0 Å². The van der Waals surface area contributed by atoms with Crippen molar-refractivity contribution in [3.8, 4) is 0 Å². The molecule has 6 heteroatoms. The van der Waals surface area contributed by atoms with E-state index in [1.807, 2.05) is 6.08 Å². The Labute approximate surface area is 415 Å². The molecule has 0 rings (SSSR count). The average molecular weight is 938 g/mol. The maximum absolute atomic E-state index is 12.8. The van der Waals surface area contributed by atoms with E-state index in [2.05, 4.69) is 75.5 Å². The zero-order valence-corrected chi connectivity index (χ0v) is 44.4. The maximum atomic E-state index is 12.8. The standard InChI is InChI=1S/C61H108O6/c1-4-7-10-13-16-19-22-25-27-29-30-32-33-36-39-42-45-48-51-54-60(63)66-57-58(56-65-59(62)53-50-47-44-41-38-35-24-21-18-15-12-9-6-3)67-61(64)55-52-49-46-43-40-37-34-31-28-26-23-20-17-14-11-8-5-2/h16,19,22,25-26,28,35,38,44,47,58H,4-15,17-18,20-21,23-24,27,29-34,36-37,39-43,45-46,48-57H2,1-3H3/b19-16-,25-22-,28-26-,38-35-,47-44-. The molecule has 0 saturated carbocycles. The van der Waals surface area contributed by atoms with Gasteiger partial charge in [-0.05, 0) is 89.9 Å². The number of unbranched alkanes of at least 4 members (excludes halogenated alkanes) is 32. The Balaban J connectivity index is 4.40. The molecule has 0 aromatic heterocycles. The topological polar surface area (TPSA) is 78.9 Å². The van der Waals surface area contributed by atoms with E-state index in [4.69, 9.17) is 14.2 Å². The Morgan fingerprint density at radius 1 is 0.313 bits per heavy atom. The predicted molar refractivity (Wildman–Crippen MR) is 288 cm³/mol. The van der Waals surface area contributed by atoms with Gasteiger partial charge in [0.2, 0.25) is 0 Å². The fourth-order valence-corrected chi connectivity index (χ4v) is 8.13. The largest absolute Gasteiger partial charge is 0.462 e. The number of carbonyl (C=O) groups excluding carboxylic acids is 3. The molecule has 0 heterocycles. The molecule has 6 nitrogen and oxygen atoms in total. The van der Waals surface area contributed by atoms with Crippen molar-refractivity contribution in [2.45, 2.75) is 297 Å². The second-order valence-corrected chi connectivity index (χ2v) is 19.2. The maximum Gasteiger partial charge on any atom is 0.306 e. The van der Waals surface area contributed by atoms with Gasteiger partial charge in [0.05, 0.1) is 0 Å². The highest BCUT2D eigenvalue weighted by atomic mass is 16.6. The average Bonchev–Trinajstić information content (AvgIpc) is 3.33. The third-order valence-corrected chi connectivity index (χ3v) is 12.5. The molecule has 1 atom stereocenters. The first-order valence-corrected chi connectivity index (χ1v) is 28.8. The van der Waals surface area contributed by atoms with Gasteiger partial charge in [-0.3, -0.25) is 14.4 Å². The second-order valence-electron chi connectivity index (χ2n) is 19.2. The summed E-state index contributed by atoms with van der Waals surface area (Å²) in [5, 5.41) is 0. The minimum atomic E-state index is -0.800. The zero-order chi connectivity index (χ0) is 48.6. The van der Waals surface area contributed by atoms with Crippen LogP contribution in [-0.2, 0) is 28.6 Å². The van der Waals surface area contributed by atoms with Crippen molar-refractivity contribution in [3.63, 3.8) is 0 Å². The van der Waals surface area contributed by atoms with Crippen LogP contribution >= 0.6 is 0 Å². The minimum absolute atomic E-state index is 0.0937. The van der Waals surface area contributed by atoms with Gasteiger partial charge in [-0.25, -0.2) is 0 Å². The molecule has 0 aliphatic carbocycles. The highest BCUT2D eigenvalue weighted by Crippen LogP contribution is 2.15. The van der Waals surface area contributed by atoms with Gasteiger partial charge in [0.25, 0.3) is 0 Å². The molecule has 1 unspecified atom stereocenters. The van der Waals surface area contributed by atoms with Crippen LogP contribution in [-0.4, -0.2) is 37.2 Å². The summed E-state index contributed by atoms with van der Waals surface area (Å²) in [7, 11) is 0. The number of esters is 3. The van der Waals surface area contributed by atoms with E-state index >= 15 is 0 Å². The van der Waals surface area contributed by atoms with Gasteiger partial charge in [-0.1, -0.05) is 242 Å². The third-order valence-electron chi connectivity index (χ3n) is 12.5. The van der Waals surface area contributed by atoms with Gasteiger partial charge >= 0.3 is 17.9 Å². The first-order valence-electron chi connectivity index (χ1n) is 28.8. The van der Waals surface area contributed by atoms with Gasteiger partial charge in [-0.2, -0.15) is 0 Å². The lowest BCUT2D eigenvalue weighted by Crippen LogP contribution is -2.30. The van der Waals surface area contributed by atoms with E-state index in [0.717, 1.165) is 51.4 Å². The number of ether oxygens (including phenoxy) is 3. The van der Waals surface area contributed by atoms with Gasteiger partial charge in [0.15, 0.2) is 6.10 Å². The van der Waals surface area contributed by atoms with Crippen LogP contribution in [0, 0.1) is 0 Å². The minimum Gasteiger partial charge on any atom is -0.462 e. The van der Waals surface area contributed by atoms with E-state index < -0.39 is 6.10 Å². The van der Waals surface area contributed by atoms with E-state index in [0.29, 0.717) is 19.3 Å². The molecule has 0 aliphatic rings. The molecular weight excluding hydrogens is 829 g/mol. The fraction of sp³-hybridized carbons (Fsp3) is 0.787. The summed E-state index contributed by atoms with van der Waals surface area (Å²) in [6.45, 7) is 6.56. The Kier molecular flexibility index (Phi) is 53.3. The highest BCUT2D eigenvalue weighted by Gasteiger charge is 2.19. The number of allylic oxidation sites excluding steroid dienone is 10. The molecule has 0 fully saturated rings. The molecule has 388 valence electrons. The summed E-state index contributed by atoms with van der Waals surface area (Å²) >= 11 is 0. The van der Waals surface area contributed by atoms with E-state index in [9.17, 15) is 14.4 Å². The molecule has 0 bridgehead atoms. The van der Waals surface area contributed by atoms with E-state index in [-0.39, 0.29) is 37.5 Å². The zero-order valence-electron chi connectivity index (χ0n) is 44.4. The summed E-state index contributed by atoms with van der Waals surface area (Å²) in [4.78, 5) is 38.1. The van der Waals surface area contributed by atoms with Crippen LogP contribution in [0.25, 0.3) is 0 Å². The quantitative estimate of drug-likeness (QED) is 0.0199. The van der Waals surface area contributed by atoms with Crippen molar-refractivity contribution in [2.24, 2.45) is 0 Å². The van der Waals surface area contributed by atoms with Gasteiger partial charge < -0.3 is 14.2 Å². The summed E-state index contributed by atoms with van der Waals surface area (Å²) in [5.41, 5.74) is 0. The molecule has 0 spiro atoms. The summed E-state index contributed by atoms with van der Waals surface area (Å²) in [6.07, 6.45) is 69.3.